The summed E-state index contributed by atoms with van der Waals surface area (Å²) >= 11 is 0. The lowest BCUT2D eigenvalue weighted by molar-refractivity contribution is -0.122. The third-order valence-corrected chi connectivity index (χ3v) is 5.31. The zero-order valence-electron chi connectivity index (χ0n) is 19.0. The van der Waals surface area contributed by atoms with Crippen LogP contribution in [0.3, 0.4) is 0 Å². The van der Waals surface area contributed by atoms with Crippen LogP contribution in [0.2, 0.25) is 0 Å². The summed E-state index contributed by atoms with van der Waals surface area (Å²) in [5.74, 6) is -0.600. The zero-order chi connectivity index (χ0) is 24.2. The van der Waals surface area contributed by atoms with Gasteiger partial charge in [0, 0.05) is 49.5 Å². The summed E-state index contributed by atoms with van der Waals surface area (Å²) in [4.78, 5) is 40.8. The Hall–Kier alpha value is -3.74. The van der Waals surface area contributed by atoms with Crippen LogP contribution in [0.15, 0.2) is 54.6 Å². The van der Waals surface area contributed by atoms with Crippen LogP contribution in [0.1, 0.15) is 19.3 Å². The molecule has 2 N–H and O–H groups in total. The number of nitriles is 1. The van der Waals surface area contributed by atoms with Crippen LogP contribution in [0, 0.1) is 11.3 Å². The number of rotatable bonds is 10. The number of amides is 3. The van der Waals surface area contributed by atoms with Gasteiger partial charge in [0.15, 0.2) is 0 Å². The standard InChI is InChI=1S/C25H29N5O4/c26-13-4-14-30(22-5-2-1-3-6-22)25(33)12-11-23(31)27-20-7-9-21(10-8-20)28-24(32)19-29-15-17-34-18-16-29/h1-3,5-10H,4,11-12,14-19H2,(H,27,31)(H,28,32). The van der Waals surface area contributed by atoms with Crippen LogP contribution in [0.25, 0.3) is 0 Å². The molecule has 2 aromatic carbocycles. The second kappa shape index (κ2) is 13.1. The number of carbonyl (C=O) groups is 3. The second-order valence-corrected chi connectivity index (χ2v) is 7.85. The highest BCUT2D eigenvalue weighted by atomic mass is 16.5. The van der Waals surface area contributed by atoms with Gasteiger partial charge in [0.2, 0.25) is 17.7 Å². The van der Waals surface area contributed by atoms with E-state index < -0.39 is 0 Å². The summed E-state index contributed by atoms with van der Waals surface area (Å²) in [6.07, 6.45) is 0.261. The molecule has 1 saturated heterocycles. The average molecular weight is 464 g/mol. The van der Waals surface area contributed by atoms with Crippen LogP contribution >= 0.6 is 0 Å². The van der Waals surface area contributed by atoms with Crippen molar-refractivity contribution >= 4 is 34.8 Å². The fraction of sp³-hybridized carbons (Fsp3) is 0.360. The van der Waals surface area contributed by atoms with E-state index in [0.717, 1.165) is 13.1 Å². The highest BCUT2D eigenvalue weighted by Gasteiger charge is 2.17. The molecule has 178 valence electrons. The van der Waals surface area contributed by atoms with Gasteiger partial charge < -0.3 is 20.3 Å². The van der Waals surface area contributed by atoms with Gasteiger partial charge in [-0.1, -0.05) is 18.2 Å². The Balaban J connectivity index is 1.45. The minimum atomic E-state index is -0.286. The smallest absolute Gasteiger partial charge is 0.238 e. The number of morpholine rings is 1. The molecule has 0 aromatic heterocycles. The molecule has 0 saturated carbocycles. The van der Waals surface area contributed by atoms with Gasteiger partial charge in [-0.3, -0.25) is 19.3 Å². The molecule has 0 radical (unpaired) electrons. The summed E-state index contributed by atoms with van der Waals surface area (Å²) in [7, 11) is 0. The Morgan fingerprint density at radius 3 is 2.15 bits per heavy atom. The van der Waals surface area contributed by atoms with Crippen molar-refractivity contribution in [2.24, 2.45) is 0 Å². The number of ether oxygens (including phenoxy) is 1. The lowest BCUT2D eigenvalue weighted by atomic mass is 10.2. The molecule has 1 fully saturated rings. The summed E-state index contributed by atoms with van der Waals surface area (Å²) in [5.41, 5.74) is 1.92. The summed E-state index contributed by atoms with van der Waals surface area (Å²) in [6, 6.07) is 18.0. The van der Waals surface area contributed by atoms with Crippen molar-refractivity contribution in [3.8, 4) is 6.07 Å². The van der Waals surface area contributed by atoms with E-state index in [2.05, 4.69) is 16.7 Å². The topological polar surface area (TPSA) is 115 Å². The van der Waals surface area contributed by atoms with Gasteiger partial charge in [-0.2, -0.15) is 5.26 Å². The average Bonchev–Trinajstić information content (AvgIpc) is 2.85. The molecule has 0 atom stereocenters. The molecular formula is C25H29N5O4. The van der Waals surface area contributed by atoms with Gasteiger partial charge in [-0.15, -0.1) is 0 Å². The lowest BCUT2D eigenvalue weighted by Crippen LogP contribution is -2.41. The molecule has 3 rings (SSSR count). The van der Waals surface area contributed by atoms with E-state index in [9.17, 15) is 14.4 Å². The predicted molar refractivity (Wildman–Crippen MR) is 129 cm³/mol. The van der Waals surface area contributed by atoms with E-state index in [4.69, 9.17) is 10.00 Å². The van der Waals surface area contributed by atoms with E-state index in [1.165, 1.54) is 4.90 Å². The first kappa shape index (κ1) is 24.9. The highest BCUT2D eigenvalue weighted by Crippen LogP contribution is 2.17. The Morgan fingerprint density at radius 2 is 1.53 bits per heavy atom. The van der Waals surface area contributed by atoms with Crippen molar-refractivity contribution in [3.05, 3.63) is 54.6 Å². The molecule has 1 aliphatic rings. The van der Waals surface area contributed by atoms with Crippen LogP contribution in [-0.2, 0) is 19.1 Å². The van der Waals surface area contributed by atoms with E-state index in [0.29, 0.717) is 36.8 Å². The number of hydrogen-bond donors (Lipinski definition) is 2. The van der Waals surface area contributed by atoms with Crippen LogP contribution in [0.4, 0.5) is 17.1 Å². The first-order chi connectivity index (χ1) is 16.5. The number of benzene rings is 2. The zero-order valence-corrected chi connectivity index (χ0v) is 19.0. The minimum absolute atomic E-state index is 0.0206. The van der Waals surface area contributed by atoms with E-state index in [-0.39, 0.29) is 43.5 Å². The maximum absolute atomic E-state index is 12.7. The minimum Gasteiger partial charge on any atom is -0.379 e. The Bertz CT molecular complexity index is 998. The molecule has 2 aromatic rings. The number of nitrogens with zero attached hydrogens (tertiary/aromatic N) is 3. The SMILES string of the molecule is N#CCCN(C(=O)CCC(=O)Nc1ccc(NC(=O)CN2CCOCC2)cc1)c1ccccc1. The summed E-state index contributed by atoms with van der Waals surface area (Å²) in [5, 5.41) is 14.5. The monoisotopic (exact) mass is 463 g/mol. The molecule has 0 aliphatic carbocycles. The van der Waals surface area contributed by atoms with Crippen molar-refractivity contribution in [1.82, 2.24) is 4.90 Å². The third kappa shape index (κ3) is 7.99. The van der Waals surface area contributed by atoms with Crippen LogP contribution in [-0.4, -0.2) is 62.0 Å². The number of hydrogen-bond acceptors (Lipinski definition) is 6. The van der Waals surface area contributed by atoms with Crippen molar-refractivity contribution in [1.29, 1.82) is 5.26 Å². The van der Waals surface area contributed by atoms with Crippen molar-refractivity contribution < 1.29 is 19.1 Å². The van der Waals surface area contributed by atoms with Gasteiger partial charge in [0.25, 0.3) is 0 Å². The molecule has 9 heteroatoms. The fourth-order valence-corrected chi connectivity index (χ4v) is 3.55. The first-order valence-corrected chi connectivity index (χ1v) is 11.3. The molecule has 1 aliphatic heterocycles. The van der Waals surface area contributed by atoms with Gasteiger partial charge >= 0.3 is 0 Å². The van der Waals surface area contributed by atoms with Crippen LogP contribution in [0.5, 0.6) is 0 Å². The molecule has 9 nitrogen and oxygen atoms in total. The quantitative estimate of drug-likeness (QED) is 0.560. The van der Waals surface area contributed by atoms with Gasteiger partial charge in [0.1, 0.15) is 0 Å². The molecular weight excluding hydrogens is 434 g/mol. The number of nitrogens with one attached hydrogen (secondary N) is 2. The Morgan fingerprint density at radius 1 is 0.912 bits per heavy atom. The summed E-state index contributed by atoms with van der Waals surface area (Å²) in [6.45, 7) is 3.34. The van der Waals surface area contributed by atoms with Crippen molar-refractivity contribution in [2.45, 2.75) is 19.3 Å². The van der Waals surface area contributed by atoms with Crippen molar-refractivity contribution in [3.63, 3.8) is 0 Å². The summed E-state index contributed by atoms with van der Waals surface area (Å²) < 4.78 is 5.28. The first-order valence-electron chi connectivity index (χ1n) is 11.3. The molecule has 3 amide bonds. The Labute approximate surface area is 199 Å². The number of para-hydroxylation sites is 1. The van der Waals surface area contributed by atoms with E-state index >= 15 is 0 Å². The van der Waals surface area contributed by atoms with E-state index in [1.54, 1.807) is 36.4 Å². The maximum Gasteiger partial charge on any atom is 0.238 e. The van der Waals surface area contributed by atoms with Gasteiger partial charge in [-0.05, 0) is 36.4 Å². The molecule has 0 spiro atoms. The molecule has 0 unspecified atom stereocenters. The predicted octanol–water partition coefficient (Wildman–Crippen LogP) is 2.62. The molecule has 34 heavy (non-hydrogen) atoms. The maximum atomic E-state index is 12.7. The van der Waals surface area contributed by atoms with Gasteiger partial charge in [0.05, 0.1) is 32.2 Å². The van der Waals surface area contributed by atoms with Crippen LogP contribution < -0.4 is 15.5 Å². The Kier molecular flexibility index (Phi) is 9.58. The molecule has 0 bridgehead atoms. The van der Waals surface area contributed by atoms with E-state index in [1.807, 2.05) is 23.1 Å². The lowest BCUT2D eigenvalue weighted by Gasteiger charge is -2.25. The second-order valence-electron chi connectivity index (χ2n) is 7.85. The largest absolute Gasteiger partial charge is 0.379 e. The molecule has 1 heterocycles. The fourth-order valence-electron chi connectivity index (χ4n) is 3.55. The van der Waals surface area contributed by atoms with Gasteiger partial charge in [-0.25, -0.2) is 0 Å². The number of anilines is 3. The third-order valence-electron chi connectivity index (χ3n) is 5.31. The highest BCUT2D eigenvalue weighted by molar-refractivity contribution is 5.98. The number of carbonyl (C=O) groups excluding carboxylic acids is 3. The van der Waals surface area contributed by atoms with Crippen molar-refractivity contribution in [2.75, 3.05) is 54.9 Å². The normalized spacial score (nSPS) is 13.5.